The highest BCUT2D eigenvalue weighted by Gasteiger charge is 2.26. The maximum absolute atomic E-state index is 12.6. The number of rotatable bonds is 45. The summed E-state index contributed by atoms with van der Waals surface area (Å²) in [4.78, 5) is 35.0. The second kappa shape index (κ2) is 45.5. The summed E-state index contributed by atoms with van der Waals surface area (Å²) < 4.78 is 32.8. The summed E-state index contributed by atoms with van der Waals surface area (Å²) in [6.07, 6.45) is 52.8. The van der Waals surface area contributed by atoms with Gasteiger partial charge in [-0.05, 0) is 57.8 Å². The molecule has 2 atom stereocenters. The molecule has 0 radical (unpaired) electrons. The molecule has 0 saturated heterocycles. The van der Waals surface area contributed by atoms with Gasteiger partial charge in [-0.25, -0.2) is 4.57 Å². The molecular weight excluding hydrogens is 762 g/mol. The lowest BCUT2D eigenvalue weighted by Crippen LogP contribution is -2.29. The molecule has 344 valence electrons. The van der Waals surface area contributed by atoms with E-state index in [1.807, 2.05) is 0 Å². The van der Waals surface area contributed by atoms with E-state index in [1.165, 1.54) is 128 Å². The highest BCUT2D eigenvalue weighted by atomic mass is 31.2. The summed E-state index contributed by atoms with van der Waals surface area (Å²) in [5.74, 6) is -0.858. The molecule has 0 bridgehead atoms. The van der Waals surface area contributed by atoms with E-state index >= 15 is 0 Å². The van der Waals surface area contributed by atoms with E-state index in [2.05, 4.69) is 62.5 Å². The van der Waals surface area contributed by atoms with Crippen molar-refractivity contribution in [3.05, 3.63) is 48.6 Å². The molecule has 0 spiro atoms. The van der Waals surface area contributed by atoms with Crippen molar-refractivity contribution in [2.24, 2.45) is 5.73 Å². The standard InChI is InChI=1S/C49H90NO8P/c1-3-5-7-9-11-13-15-17-19-21-23-25-27-29-31-33-35-37-39-41-48(51)55-45-47(46-57-59(53,54)56-44-43-50)58-49(52)42-40-38-36-34-32-30-28-26-24-22-20-18-16-14-12-10-8-6-4-2/h11,13,17,19,23,25,29,31,47H,3-10,12,14-16,18,20-22,24,26-28,30,32-46,50H2,1-2H3,(H,53,54). The number of carbonyl (C=O) groups excluding carboxylic acids is 2. The fourth-order valence-corrected chi connectivity index (χ4v) is 7.38. The zero-order chi connectivity index (χ0) is 43.2. The summed E-state index contributed by atoms with van der Waals surface area (Å²) >= 11 is 0. The van der Waals surface area contributed by atoms with E-state index in [1.54, 1.807) is 0 Å². The number of allylic oxidation sites excluding steroid dienone is 8. The summed E-state index contributed by atoms with van der Waals surface area (Å²) in [5.41, 5.74) is 5.36. The monoisotopic (exact) mass is 852 g/mol. The van der Waals surface area contributed by atoms with Gasteiger partial charge >= 0.3 is 19.8 Å². The van der Waals surface area contributed by atoms with Crippen LogP contribution >= 0.6 is 7.82 Å². The van der Waals surface area contributed by atoms with Crippen LogP contribution in [0, 0.1) is 0 Å². The Hall–Kier alpha value is -2.03. The fourth-order valence-electron chi connectivity index (χ4n) is 6.62. The Balaban J connectivity index is 4.14. The summed E-state index contributed by atoms with van der Waals surface area (Å²) in [6.45, 7) is 3.69. The second-order valence-corrected chi connectivity index (χ2v) is 17.4. The van der Waals surface area contributed by atoms with Gasteiger partial charge < -0.3 is 20.1 Å². The van der Waals surface area contributed by atoms with Gasteiger partial charge in [-0.2, -0.15) is 0 Å². The van der Waals surface area contributed by atoms with E-state index in [4.69, 9.17) is 24.3 Å². The van der Waals surface area contributed by atoms with Crippen molar-refractivity contribution >= 4 is 19.8 Å². The zero-order valence-corrected chi connectivity index (χ0v) is 38.9. The lowest BCUT2D eigenvalue weighted by molar-refractivity contribution is -0.161. The van der Waals surface area contributed by atoms with Gasteiger partial charge in [0.05, 0.1) is 13.2 Å². The van der Waals surface area contributed by atoms with Gasteiger partial charge in [-0.1, -0.05) is 197 Å². The molecule has 0 heterocycles. The van der Waals surface area contributed by atoms with Gasteiger partial charge in [0.25, 0.3) is 0 Å². The van der Waals surface area contributed by atoms with Crippen LogP contribution in [0.5, 0.6) is 0 Å². The third-order valence-corrected chi connectivity index (χ3v) is 11.2. The quantitative estimate of drug-likeness (QED) is 0.0266. The lowest BCUT2D eigenvalue weighted by atomic mass is 10.0. The minimum atomic E-state index is -4.39. The molecule has 10 heteroatoms. The van der Waals surface area contributed by atoms with Crippen LogP contribution in [0.25, 0.3) is 0 Å². The number of carbonyl (C=O) groups is 2. The first-order valence-electron chi connectivity index (χ1n) is 24.1. The second-order valence-electron chi connectivity index (χ2n) is 16.0. The van der Waals surface area contributed by atoms with Gasteiger partial charge in [-0.3, -0.25) is 18.6 Å². The molecule has 0 aromatic heterocycles. The molecule has 0 aliphatic heterocycles. The number of hydrogen-bond donors (Lipinski definition) is 2. The Bertz CT molecular complexity index is 1110. The molecule has 2 unspecified atom stereocenters. The van der Waals surface area contributed by atoms with E-state index in [-0.39, 0.29) is 32.6 Å². The minimum Gasteiger partial charge on any atom is -0.462 e. The van der Waals surface area contributed by atoms with Crippen LogP contribution in [0.2, 0.25) is 0 Å². The van der Waals surface area contributed by atoms with Crippen LogP contribution in [0.3, 0.4) is 0 Å². The van der Waals surface area contributed by atoms with Crippen LogP contribution in [0.1, 0.15) is 219 Å². The Kier molecular flexibility index (Phi) is 43.9. The number of ether oxygens (including phenoxy) is 2. The highest BCUT2D eigenvalue weighted by molar-refractivity contribution is 7.47. The van der Waals surface area contributed by atoms with Crippen LogP contribution in [0.15, 0.2) is 48.6 Å². The smallest absolute Gasteiger partial charge is 0.462 e. The van der Waals surface area contributed by atoms with E-state index in [9.17, 15) is 19.0 Å². The Morgan fingerprint density at radius 2 is 0.881 bits per heavy atom. The van der Waals surface area contributed by atoms with E-state index in [0.29, 0.717) is 12.8 Å². The SMILES string of the molecule is CCCCCC=CCC=CCC=CCC=CCCCCCC(=O)OCC(COP(=O)(O)OCCN)OC(=O)CCCCCCCCCCCCCCCCCCCCC. The number of esters is 2. The minimum absolute atomic E-state index is 0.0485. The molecule has 0 amide bonds. The molecule has 0 saturated carbocycles. The first-order valence-corrected chi connectivity index (χ1v) is 25.6. The van der Waals surface area contributed by atoms with Crippen molar-refractivity contribution in [3.8, 4) is 0 Å². The number of phosphoric ester groups is 1. The number of unbranched alkanes of at least 4 members (excludes halogenated alkanes) is 24. The number of hydrogen-bond acceptors (Lipinski definition) is 8. The van der Waals surface area contributed by atoms with Crippen LogP contribution in [0.4, 0.5) is 0 Å². The molecule has 0 aliphatic carbocycles. The summed E-state index contributed by atoms with van der Waals surface area (Å²) in [5, 5.41) is 0. The predicted octanol–water partition coefficient (Wildman–Crippen LogP) is 14.3. The normalized spacial score (nSPS) is 13.6. The van der Waals surface area contributed by atoms with Crippen molar-refractivity contribution in [3.63, 3.8) is 0 Å². The van der Waals surface area contributed by atoms with E-state index < -0.39 is 32.5 Å². The van der Waals surface area contributed by atoms with Gasteiger partial charge in [0.2, 0.25) is 0 Å². The third-order valence-electron chi connectivity index (χ3n) is 10.2. The molecule has 0 aliphatic rings. The van der Waals surface area contributed by atoms with E-state index in [0.717, 1.165) is 51.4 Å². The van der Waals surface area contributed by atoms with Crippen molar-refractivity contribution in [1.29, 1.82) is 0 Å². The third kappa shape index (κ3) is 45.3. The van der Waals surface area contributed by atoms with Crippen LogP contribution in [-0.2, 0) is 32.7 Å². The predicted molar refractivity (Wildman–Crippen MR) is 247 cm³/mol. The molecule has 59 heavy (non-hydrogen) atoms. The zero-order valence-electron chi connectivity index (χ0n) is 38.0. The first-order chi connectivity index (χ1) is 28.8. The largest absolute Gasteiger partial charge is 0.472 e. The average molecular weight is 852 g/mol. The summed E-state index contributed by atoms with van der Waals surface area (Å²) in [6, 6.07) is 0. The topological polar surface area (TPSA) is 134 Å². The van der Waals surface area contributed by atoms with Crippen LogP contribution < -0.4 is 5.73 Å². The van der Waals surface area contributed by atoms with Crippen molar-refractivity contribution < 1.29 is 37.6 Å². The fraction of sp³-hybridized carbons (Fsp3) is 0.796. The maximum Gasteiger partial charge on any atom is 0.472 e. The molecule has 0 aromatic rings. The average Bonchev–Trinajstić information content (AvgIpc) is 3.22. The van der Waals surface area contributed by atoms with Crippen molar-refractivity contribution in [1.82, 2.24) is 0 Å². The maximum atomic E-state index is 12.6. The van der Waals surface area contributed by atoms with Crippen LogP contribution in [-0.4, -0.2) is 49.3 Å². The molecule has 3 N–H and O–H groups in total. The number of nitrogens with two attached hydrogens (primary N) is 1. The lowest BCUT2D eigenvalue weighted by Gasteiger charge is -2.19. The van der Waals surface area contributed by atoms with Gasteiger partial charge in [0.1, 0.15) is 6.61 Å². The Morgan fingerprint density at radius 3 is 1.34 bits per heavy atom. The van der Waals surface area contributed by atoms with Crippen molar-refractivity contribution in [2.75, 3.05) is 26.4 Å². The molecule has 0 rings (SSSR count). The Labute approximate surface area is 362 Å². The molecule has 9 nitrogen and oxygen atoms in total. The molecule has 0 fully saturated rings. The van der Waals surface area contributed by atoms with Gasteiger partial charge in [-0.15, -0.1) is 0 Å². The highest BCUT2D eigenvalue weighted by Crippen LogP contribution is 2.43. The first kappa shape index (κ1) is 57.0. The number of phosphoric acid groups is 1. The molecule has 0 aromatic carbocycles. The van der Waals surface area contributed by atoms with Gasteiger partial charge in [0, 0.05) is 19.4 Å². The Morgan fingerprint density at radius 1 is 0.508 bits per heavy atom. The van der Waals surface area contributed by atoms with Crippen molar-refractivity contribution in [2.45, 2.75) is 225 Å². The summed E-state index contributed by atoms with van der Waals surface area (Å²) in [7, 11) is -4.39. The van der Waals surface area contributed by atoms with Gasteiger partial charge in [0.15, 0.2) is 6.10 Å². The molecular formula is C49H90NO8P.